The lowest BCUT2D eigenvalue weighted by molar-refractivity contribution is 0.0707. The quantitative estimate of drug-likeness (QED) is 0.829. The van der Waals surface area contributed by atoms with E-state index in [2.05, 4.69) is 5.10 Å². The van der Waals surface area contributed by atoms with Gasteiger partial charge in [0.15, 0.2) is 0 Å². The first-order valence-electron chi connectivity index (χ1n) is 9.55. The van der Waals surface area contributed by atoms with Gasteiger partial charge >= 0.3 is 5.69 Å². The number of nitrogens with zero attached hydrogens (tertiary/aromatic N) is 4. The van der Waals surface area contributed by atoms with Gasteiger partial charge in [-0.05, 0) is 49.6 Å². The fourth-order valence-corrected chi connectivity index (χ4v) is 5.28. The number of hydrogen-bond acceptors (Lipinski definition) is 4. The fourth-order valence-electron chi connectivity index (χ4n) is 4.39. The summed E-state index contributed by atoms with van der Waals surface area (Å²) in [6.07, 6.45) is 6.41. The van der Waals surface area contributed by atoms with Gasteiger partial charge in [-0.25, -0.2) is 9.48 Å². The number of piperidine rings is 1. The lowest BCUT2D eigenvalue weighted by Gasteiger charge is -2.32. The van der Waals surface area contributed by atoms with E-state index in [1.54, 1.807) is 7.05 Å². The zero-order valence-electron chi connectivity index (χ0n) is 15.5. The van der Waals surface area contributed by atoms with E-state index in [-0.39, 0.29) is 23.6 Å². The molecule has 4 rings (SSSR count). The van der Waals surface area contributed by atoms with E-state index >= 15 is 0 Å². The number of carbonyl (C=O) groups is 1. The zero-order chi connectivity index (χ0) is 18.3. The summed E-state index contributed by atoms with van der Waals surface area (Å²) in [7, 11) is 1.73. The van der Waals surface area contributed by atoms with Crippen LogP contribution in [0.15, 0.2) is 16.2 Å². The molecule has 1 amide bonds. The SMILES string of the molecule is Cc1ccsc1C(=O)N1CCCC(c2nn(C)c(=O)n2C2CCCC2)C1. The molecule has 0 bridgehead atoms. The minimum absolute atomic E-state index is 0.00977. The van der Waals surface area contributed by atoms with Crippen LogP contribution in [-0.2, 0) is 7.05 Å². The van der Waals surface area contributed by atoms with Crippen LogP contribution in [0.1, 0.15) is 71.5 Å². The van der Waals surface area contributed by atoms with Crippen molar-refractivity contribution in [2.45, 2.75) is 57.4 Å². The first-order valence-corrected chi connectivity index (χ1v) is 10.4. The Morgan fingerprint density at radius 2 is 2.00 bits per heavy atom. The Morgan fingerprint density at radius 3 is 2.69 bits per heavy atom. The average Bonchev–Trinajstić information content (AvgIpc) is 3.37. The first kappa shape index (κ1) is 17.5. The van der Waals surface area contributed by atoms with Gasteiger partial charge in [0.25, 0.3) is 5.91 Å². The second-order valence-corrected chi connectivity index (χ2v) is 8.51. The Kier molecular flexibility index (Phi) is 4.73. The van der Waals surface area contributed by atoms with Crippen LogP contribution in [0.4, 0.5) is 0 Å². The van der Waals surface area contributed by atoms with E-state index in [4.69, 9.17) is 0 Å². The molecule has 1 aliphatic carbocycles. The van der Waals surface area contributed by atoms with E-state index in [1.807, 2.05) is 27.8 Å². The summed E-state index contributed by atoms with van der Waals surface area (Å²) in [6, 6.07) is 2.27. The van der Waals surface area contributed by atoms with Crippen molar-refractivity contribution in [3.8, 4) is 0 Å². The molecule has 140 valence electrons. The van der Waals surface area contributed by atoms with Gasteiger partial charge in [0.05, 0.1) is 4.88 Å². The third-order valence-electron chi connectivity index (χ3n) is 5.80. The van der Waals surface area contributed by atoms with E-state index < -0.39 is 0 Å². The van der Waals surface area contributed by atoms with Crippen LogP contribution in [0.2, 0.25) is 0 Å². The maximum Gasteiger partial charge on any atom is 0.345 e. The number of aryl methyl sites for hydroxylation is 2. The molecule has 2 aromatic rings. The van der Waals surface area contributed by atoms with Crippen LogP contribution >= 0.6 is 11.3 Å². The number of amides is 1. The van der Waals surface area contributed by atoms with Gasteiger partial charge in [-0.1, -0.05) is 12.8 Å². The molecule has 1 unspecified atom stereocenters. The Bertz CT molecular complexity index is 859. The molecular weight excluding hydrogens is 348 g/mol. The summed E-state index contributed by atoms with van der Waals surface area (Å²) in [5.41, 5.74) is 1.03. The van der Waals surface area contributed by atoms with Crippen molar-refractivity contribution in [3.63, 3.8) is 0 Å². The second-order valence-electron chi connectivity index (χ2n) is 7.60. The standard InChI is InChI=1S/C19H26N4O2S/c1-13-9-11-26-16(13)18(24)22-10-5-6-14(12-22)17-20-21(2)19(25)23(17)15-7-3-4-8-15/h9,11,14-15H,3-8,10,12H2,1-2H3. The summed E-state index contributed by atoms with van der Waals surface area (Å²) in [6.45, 7) is 3.42. The van der Waals surface area contributed by atoms with E-state index in [1.165, 1.54) is 28.9 Å². The molecule has 6 nitrogen and oxygen atoms in total. The van der Waals surface area contributed by atoms with Crippen LogP contribution in [0.25, 0.3) is 0 Å². The van der Waals surface area contributed by atoms with Gasteiger partial charge in [0.2, 0.25) is 0 Å². The predicted molar refractivity (Wildman–Crippen MR) is 102 cm³/mol. The van der Waals surface area contributed by atoms with Crippen molar-refractivity contribution in [2.24, 2.45) is 7.05 Å². The topological polar surface area (TPSA) is 60.1 Å². The summed E-state index contributed by atoms with van der Waals surface area (Å²) < 4.78 is 3.40. The Hall–Kier alpha value is -1.89. The third kappa shape index (κ3) is 3.02. The number of rotatable bonds is 3. The van der Waals surface area contributed by atoms with Crippen molar-refractivity contribution in [1.82, 2.24) is 19.2 Å². The highest BCUT2D eigenvalue weighted by atomic mass is 32.1. The molecule has 1 saturated carbocycles. The van der Waals surface area contributed by atoms with Crippen LogP contribution < -0.4 is 5.69 Å². The molecule has 1 saturated heterocycles. The van der Waals surface area contributed by atoms with E-state index in [0.29, 0.717) is 6.54 Å². The maximum atomic E-state index is 12.9. The predicted octanol–water partition coefficient (Wildman–Crippen LogP) is 3.09. The molecule has 0 spiro atoms. The summed E-state index contributed by atoms with van der Waals surface area (Å²) in [5, 5.41) is 6.56. The van der Waals surface area contributed by atoms with Gasteiger partial charge in [0.1, 0.15) is 5.82 Å². The molecular formula is C19H26N4O2S. The molecule has 0 aromatic carbocycles. The zero-order valence-corrected chi connectivity index (χ0v) is 16.3. The van der Waals surface area contributed by atoms with Crippen molar-refractivity contribution in [2.75, 3.05) is 13.1 Å². The van der Waals surface area contributed by atoms with Crippen LogP contribution in [0, 0.1) is 6.92 Å². The van der Waals surface area contributed by atoms with E-state index in [0.717, 1.165) is 48.5 Å². The average molecular weight is 375 g/mol. The molecule has 3 heterocycles. The first-order chi connectivity index (χ1) is 12.6. The highest BCUT2D eigenvalue weighted by molar-refractivity contribution is 7.12. The highest BCUT2D eigenvalue weighted by Crippen LogP contribution is 2.33. The molecule has 2 aliphatic rings. The lowest BCUT2D eigenvalue weighted by Crippen LogP contribution is -2.40. The van der Waals surface area contributed by atoms with Gasteiger partial charge in [-0.3, -0.25) is 9.36 Å². The molecule has 0 radical (unpaired) electrons. The van der Waals surface area contributed by atoms with Gasteiger partial charge in [0, 0.05) is 32.1 Å². The summed E-state index contributed by atoms with van der Waals surface area (Å²) in [4.78, 5) is 28.3. The van der Waals surface area contributed by atoms with Crippen molar-refractivity contribution >= 4 is 17.2 Å². The number of thiophene rings is 1. The van der Waals surface area contributed by atoms with E-state index in [9.17, 15) is 9.59 Å². The minimum Gasteiger partial charge on any atom is -0.337 e. The lowest BCUT2D eigenvalue weighted by atomic mass is 9.96. The van der Waals surface area contributed by atoms with Gasteiger partial charge in [-0.15, -0.1) is 11.3 Å². The Labute approximate surface area is 157 Å². The van der Waals surface area contributed by atoms with Crippen molar-refractivity contribution in [3.05, 3.63) is 38.2 Å². The molecule has 0 N–H and O–H groups in total. The smallest absolute Gasteiger partial charge is 0.337 e. The van der Waals surface area contributed by atoms with Crippen LogP contribution in [-0.4, -0.2) is 38.2 Å². The largest absolute Gasteiger partial charge is 0.345 e. The van der Waals surface area contributed by atoms with Crippen molar-refractivity contribution < 1.29 is 4.79 Å². The fraction of sp³-hybridized carbons (Fsp3) is 0.632. The van der Waals surface area contributed by atoms with Crippen molar-refractivity contribution in [1.29, 1.82) is 0 Å². The monoisotopic (exact) mass is 374 g/mol. The number of aromatic nitrogens is 3. The van der Waals surface area contributed by atoms with Gasteiger partial charge in [-0.2, -0.15) is 5.10 Å². The van der Waals surface area contributed by atoms with Crippen LogP contribution in [0.3, 0.4) is 0 Å². The third-order valence-corrected chi connectivity index (χ3v) is 6.81. The molecule has 2 aromatic heterocycles. The molecule has 1 atom stereocenters. The number of likely N-dealkylation sites (tertiary alicyclic amines) is 1. The number of carbonyl (C=O) groups excluding carboxylic acids is 1. The molecule has 26 heavy (non-hydrogen) atoms. The maximum absolute atomic E-state index is 12.9. The second kappa shape index (κ2) is 7.02. The normalized spacial score (nSPS) is 21.5. The van der Waals surface area contributed by atoms with Crippen LogP contribution in [0.5, 0.6) is 0 Å². The highest BCUT2D eigenvalue weighted by Gasteiger charge is 2.32. The van der Waals surface area contributed by atoms with Gasteiger partial charge < -0.3 is 4.90 Å². The number of hydrogen-bond donors (Lipinski definition) is 0. The molecule has 2 fully saturated rings. The summed E-state index contributed by atoms with van der Waals surface area (Å²) >= 11 is 1.51. The molecule has 1 aliphatic heterocycles. The Morgan fingerprint density at radius 1 is 1.23 bits per heavy atom. The summed E-state index contributed by atoms with van der Waals surface area (Å²) in [5.74, 6) is 1.14. The minimum atomic E-state index is -0.00977. The molecule has 7 heteroatoms. The Balaban J connectivity index is 1.61.